The third-order valence-electron chi connectivity index (χ3n) is 5.23. The zero-order valence-electron chi connectivity index (χ0n) is 19.3. The molecular weight excluding hydrogens is 402 g/mol. The Morgan fingerprint density at radius 2 is 1.75 bits per heavy atom. The number of methoxy groups -OCH3 is 1. The number of hydrogen-bond donors (Lipinski definition) is 2. The Labute approximate surface area is 192 Å². The van der Waals surface area contributed by atoms with Crippen LogP contribution in [-0.4, -0.2) is 48.4 Å². The number of unbranched alkanes of at least 4 members (excludes halogenated alkanes) is 2. The molecule has 0 aliphatic rings. The second kappa shape index (κ2) is 15.4. The first kappa shape index (κ1) is 25.8. The Balaban J connectivity index is 1.87. The minimum Gasteiger partial charge on any atom is -0.497 e. The third-order valence-corrected chi connectivity index (χ3v) is 5.23. The van der Waals surface area contributed by atoms with Crippen LogP contribution in [0.15, 0.2) is 65.7 Å². The molecule has 0 amide bonds. The van der Waals surface area contributed by atoms with Gasteiger partial charge in [-0.05, 0) is 29.7 Å². The van der Waals surface area contributed by atoms with Gasteiger partial charge in [0.25, 0.3) is 0 Å². The van der Waals surface area contributed by atoms with Gasteiger partial charge < -0.3 is 19.7 Å². The van der Waals surface area contributed by atoms with E-state index in [1.165, 1.54) is 0 Å². The summed E-state index contributed by atoms with van der Waals surface area (Å²) in [5.41, 5.74) is 2.11. The van der Waals surface area contributed by atoms with Crippen molar-refractivity contribution in [2.24, 2.45) is 4.99 Å². The molecule has 5 heteroatoms. The summed E-state index contributed by atoms with van der Waals surface area (Å²) in [4.78, 5) is 4.54. The maximum atomic E-state index is 10.7. The number of rotatable bonds is 15. The van der Waals surface area contributed by atoms with Crippen molar-refractivity contribution in [2.75, 3.05) is 13.7 Å². The molecule has 174 valence electrons. The monoisotopic (exact) mass is 439 g/mol. The molecule has 2 aromatic rings. The highest BCUT2D eigenvalue weighted by Gasteiger charge is 2.23. The summed E-state index contributed by atoms with van der Waals surface area (Å²) in [6.45, 7) is 3.17. The summed E-state index contributed by atoms with van der Waals surface area (Å²) < 4.78 is 10.9. The number of aliphatic hydroxyl groups is 2. The van der Waals surface area contributed by atoms with Gasteiger partial charge in [0, 0.05) is 12.6 Å². The lowest BCUT2D eigenvalue weighted by atomic mass is 9.99. The molecule has 0 aliphatic carbocycles. The van der Waals surface area contributed by atoms with Gasteiger partial charge in [0.2, 0.25) is 0 Å². The van der Waals surface area contributed by atoms with Crippen molar-refractivity contribution >= 4 is 12.3 Å². The van der Waals surface area contributed by atoms with Crippen molar-refractivity contribution in [1.82, 2.24) is 0 Å². The van der Waals surface area contributed by atoms with Gasteiger partial charge >= 0.3 is 0 Å². The first-order chi connectivity index (χ1) is 15.6. The Morgan fingerprint density at radius 1 is 1.00 bits per heavy atom. The van der Waals surface area contributed by atoms with Crippen LogP contribution in [0, 0.1) is 0 Å². The van der Waals surface area contributed by atoms with Gasteiger partial charge in [-0.3, -0.25) is 4.99 Å². The third kappa shape index (κ3) is 9.77. The van der Waals surface area contributed by atoms with Crippen LogP contribution in [-0.2, 0) is 11.3 Å². The first-order valence-electron chi connectivity index (χ1n) is 11.5. The smallest absolute Gasteiger partial charge is 0.118 e. The first-order valence-corrected chi connectivity index (χ1v) is 11.5. The molecule has 0 saturated heterocycles. The summed E-state index contributed by atoms with van der Waals surface area (Å²) >= 11 is 0. The lowest BCUT2D eigenvalue weighted by Crippen LogP contribution is -2.35. The fraction of sp³-hybridized carbons (Fsp3) is 0.444. The van der Waals surface area contributed by atoms with E-state index in [-0.39, 0.29) is 0 Å². The molecule has 5 nitrogen and oxygen atoms in total. The lowest BCUT2D eigenvalue weighted by molar-refractivity contribution is 0.00720. The fourth-order valence-electron chi connectivity index (χ4n) is 3.27. The molecule has 0 aliphatic heterocycles. The molecule has 0 saturated carbocycles. The highest BCUT2D eigenvalue weighted by Crippen LogP contribution is 2.15. The molecule has 3 atom stereocenters. The summed E-state index contributed by atoms with van der Waals surface area (Å²) in [5, 5.41) is 21.1. The summed E-state index contributed by atoms with van der Waals surface area (Å²) in [5.74, 6) is 0.825. The molecule has 2 aromatic carbocycles. The zero-order valence-corrected chi connectivity index (χ0v) is 19.3. The van der Waals surface area contributed by atoms with Crippen LogP contribution in [0.25, 0.3) is 6.08 Å². The van der Waals surface area contributed by atoms with Gasteiger partial charge in [-0.15, -0.1) is 0 Å². The van der Waals surface area contributed by atoms with Gasteiger partial charge in [-0.25, -0.2) is 0 Å². The maximum Gasteiger partial charge on any atom is 0.118 e. The number of nitrogens with zero attached hydrogens (tertiary/aromatic N) is 1. The highest BCUT2D eigenvalue weighted by molar-refractivity contribution is 5.58. The molecule has 0 fully saturated rings. The predicted octanol–water partition coefficient (Wildman–Crippen LogP) is 5.06. The average molecular weight is 440 g/mol. The van der Waals surface area contributed by atoms with Crippen LogP contribution < -0.4 is 4.74 Å². The number of benzene rings is 2. The zero-order chi connectivity index (χ0) is 23.0. The van der Waals surface area contributed by atoms with E-state index >= 15 is 0 Å². The van der Waals surface area contributed by atoms with Crippen molar-refractivity contribution in [3.63, 3.8) is 0 Å². The van der Waals surface area contributed by atoms with Crippen molar-refractivity contribution in [1.29, 1.82) is 0 Å². The summed E-state index contributed by atoms with van der Waals surface area (Å²) in [6.07, 6.45) is 8.05. The van der Waals surface area contributed by atoms with Crippen molar-refractivity contribution in [3.8, 4) is 5.75 Å². The number of aliphatic hydroxyl groups excluding tert-OH is 2. The second-order valence-electron chi connectivity index (χ2n) is 7.84. The van der Waals surface area contributed by atoms with Crippen LogP contribution >= 0.6 is 0 Å². The van der Waals surface area contributed by atoms with Gasteiger partial charge in [-0.1, -0.05) is 80.8 Å². The van der Waals surface area contributed by atoms with Crippen LogP contribution in [0.5, 0.6) is 5.75 Å². The van der Waals surface area contributed by atoms with Crippen LogP contribution in [0.1, 0.15) is 50.2 Å². The molecule has 2 N–H and O–H groups in total. The summed E-state index contributed by atoms with van der Waals surface area (Å²) in [6, 6.07) is 17.2. The van der Waals surface area contributed by atoms with Crippen LogP contribution in [0.2, 0.25) is 0 Å². The lowest BCUT2D eigenvalue weighted by Gasteiger charge is -2.22. The Bertz CT molecular complexity index is 789. The minimum atomic E-state index is -0.941. The number of aliphatic imine (C=N–C) groups is 1. The average Bonchev–Trinajstić information content (AvgIpc) is 2.83. The molecule has 0 unspecified atom stereocenters. The van der Waals surface area contributed by atoms with E-state index in [2.05, 4.69) is 11.9 Å². The fourth-order valence-corrected chi connectivity index (χ4v) is 3.27. The minimum absolute atomic E-state index is 0.506. The Kier molecular flexibility index (Phi) is 12.4. The highest BCUT2D eigenvalue weighted by atomic mass is 16.5. The number of hydrogen-bond acceptors (Lipinski definition) is 5. The molecule has 0 spiro atoms. The van der Waals surface area contributed by atoms with Crippen LogP contribution in [0.4, 0.5) is 0 Å². The SMILES string of the molecule is CCCCC[C@H](O)[C@H](O)[C@@H](/C=C/c1ccccc1)N=CCCOCc1ccc(OC)cc1. The molecular formula is C27H37NO4. The van der Waals surface area contributed by atoms with Gasteiger partial charge in [0.05, 0.1) is 32.5 Å². The normalized spacial score (nSPS) is 14.6. The van der Waals surface area contributed by atoms with Gasteiger partial charge in [0.15, 0.2) is 0 Å². The maximum absolute atomic E-state index is 10.7. The van der Waals surface area contributed by atoms with E-state index in [1.54, 1.807) is 13.3 Å². The second-order valence-corrected chi connectivity index (χ2v) is 7.84. The topological polar surface area (TPSA) is 71.3 Å². The van der Waals surface area contributed by atoms with E-state index in [1.807, 2.05) is 66.7 Å². The van der Waals surface area contributed by atoms with E-state index in [0.717, 1.165) is 36.1 Å². The molecule has 0 bridgehead atoms. The quantitative estimate of drug-likeness (QED) is 0.301. The van der Waals surface area contributed by atoms with E-state index in [0.29, 0.717) is 26.1 Å². The Hall–Kier alpha value is -2.47. The number of ether oxygens (including phenoxy) is 2. The van der Waals surface area contributed by atoms with Gasteiger partial charge in [-0.2, -0.15) is 0 Å². The van der Waals surface area contributed by atoms with Crippen molar-refractivity contribution in [2.45, 2.75) is 63.9 Å². The van der Waals surface area contributed by atoms with Crippen molar-refractivity contribution in [3.05, 3.63) is 71.8 Å². The van der Waals surface area contributed by atoms with Crippen LogP contribution in [0.3, 0.4) is 0 Å². The standard InChI is InChI=1S/C27H37NO4/c1-3-4-6-12-26(29)27(30)25(18-15-22-10-7-5-8-11-22)28-19-9-20-32-21-23-13-16-24(31-2)17-14-23/h5,7-8,10-11,13-19,25-27,29-30H,3-4,6,9,12,20-21H2,1-2H3/b18-15+,28-19?/t25-,26+,27-/m1/s1. The molecule has 0 heterocycles. The Morgan fingerprint density at radius 3 is 2.44 bits per heavy atom. The van der Waals surface area contributed by atoms with Gasteiger partial charge in [0.1, 0.15) is 11.9 Å². The van der Waals surface area contributed by atoms with Crippen molar-refractivity contribution < 1.29 is 19.7 Å². The van der Waals surface area contributed by atoms with E-state index in [9.17, 15) is 10.2 Å². The molecule has 0 aromatic heterocycles. The molecule has 32 heavy (non-hydrogen) atoms. The molecule has 2 rings (SSSR count). The van der Waals surface area contributed by atoms with E-state index < -0.39 is 18.2 Å². The summed E-state index contributed by atoms with van der Waals surface area (Å²) in [7, 11) is 1.65. The van der Waals surface area contributed by atoms with E-state index in [4.69, 9.17) is 9.47 Å². The molecule has 0 radical (unpaired) electrons. The predicted molar refractivity (Wildman–Crippen MR) is 131 cm³/mol. The largest absolute Gasteiger partial charge is 0.497 e.